The Balaban J connectivity index is 0.000000963. The molecule has 0 saturated carbocycles. The Morgan fingerprint density at radius 3 is 2.44 bits per heavy atom. The Morgan fingerprint density at radius 1 is 0.938 bits per heavy atom. The van der Waals surface area contributed by atoms with Crippen molar-refractivity contribution in [3.8, 4) is 11.3 Å². The van der Waals surface area contributed by atoms with Crippen molar-refractivity contribution in [2.24, 2.45) is 0 Å². The number of furan rings is 1. The number of hydrogen-bond acceptors (Lipinski definition) is 1. The van der Waals surface area contributed by atoms with Crippen molar-refractivity contribution in [1.82, 2.24) is 0 Å². The zero-order chi connectivity index (χ0) is 10.1. The van der Waals surface area contributed by atoms with Crippen LogP contribution in [0.15, 0.2) is 59.0 Å². The molecule has 0 saturated heterocycles. The van der Waals surface area contributed by atoms with Gasteiger partial charge in [-0.3, -0.25) is 0 Å². The van der Waals surface area contributed by atoms with E-state index in [9.17, 15) is 0 Å². The first-order valence-electron chi connectivity index (χ1n) is 4.88. The van der Waals surface area contributed by atoms with Gasteiger partial charge in [0.1, 0.15) is 11.3 Å². The molecule has 0 aliphatic heterocycles. The summed E-state index contributed by atoms with van der Waals surface area (Å²) < 4.78 is 5.74. The van der Waals surface area contributed by atoms with Crippen LogP contribution in [0.5, 0.6) is 0 Å². The largest absolute Gasteiger partial charge is 0.458 e. The third-order valence-electron chi connectivity index (χ3n) is 2.43. The molecule has 0 aliphatic carbocycles. The van der Waals surface area contributed by atoms with Gasteiger partial charge < -0.3 is 4.42 Å². The number of benzene rings is 2. The smallest absolute Gasteiger partial charge is 0.134 e. The maximum absolute atomic E-state index is 5.74. The first kappa shape index (κ1) is 11.6. The van der Waals surface area contributed by atoms with Crippen molar-refractivity contribution in [1.29, 1.82) is 0 Å². The summed E-state index contributed by atoms with van der Waals surface area (Å²) in [6.07, 6.45) is 0. The Labute approximate surface area is 119 Å². The minimum Gasteiger partial charge on any atom is -0.458 e. The van der Waals surface area contributed by atoms with Crippen molar-refractivity contribution >= 4 is 11.0 Å². The van der Waals surface area contributed by atoms with E-state index in [0.29, 0.717) is 0 Å². The molecular formula is C14H9OY-. The molecule has 16 heavy (non-hydrogen) atoms. The van der Waals surface area contributed by atoms with Crippen molar-refractivity contribution in [3.05, 3.63) is 60.7 Å². The first-order chi connectivity index (χ1) is 7.43. The molecule has 75 valence electrons. The molecule has 1 heterocycles. The Kier molecular flexibility index (Phi) is 3.57. The second kappa shape index (κ2) is 4.94. The van der Waals surface area contributed by atoms with E-state index in [0.717, 1.165) is 22.3 Å². The quantitative estimate of drug-likeness (QED) is 0.617. The van der Waals surface area contributed by atoms with Crippen molar-refractivity contribution in [3.63, 3.8) is 0 Å². The zero-order valence-electron chi connectivity index (χ0n) is 8.68. The van der Waals surface area contributed by atoms with E-state index in [1.165, 1.54) is 0 Å². The van der Waals surface area contributed by atoms with Crippen LogP contribution in [-0.4, -0.2) is 0 Å². The van der Waals surface area contributed by atoms with Gasteiger partial charge in [-0.05, 0) is 12.1 Å². The van der Waals surface area contributed by atoms with E-state index in [2.05, 4.69) is 18.2 Å². The number of para-hydroxylation sites is 1. The fraction of sp³-hybridized carbons (Fsp3) is 0. The van der Waals surface area contributed by atoms with E-state index in [-0.39, 0.29) is 32.7 Å². The summed E-state index contributed by atoms with van der Waals surface area (Å²) in [4.78, 5) is 0. The van der Waals surface area contributed by atoms with Crippen molar-refractivity contribution in [2.75, 3.05) is 0 Å². The van der Waals surface area contributed by atoms with Gasteiger partial charge in [0.15, 0.2) is 0 Å². The van der Waals surface area contributed by atoms with Crippen LogP contribution >= 0.6 is 0 Å². The van der Waals surface area contributed by atoms with Gasteiger partial charge in [-0.1, -0.05) is 23.8 Å². The topological polar surface area (TPSA) is 13.1 Å². The van der Waals surface area contributed by atoms with E-state index in [1.807, 2.05) is 42.5 Å². The van der Waals surface area contributed by atoms with Crippen LogP contribution in [0.4, 0.5) is 0 Å². The van der Waals surface area contributed by atoms with E-state index in [4.69, 9.17) is 4.42 Å². The molecule has 2 heteroatoms. The van der Waals surface area contributed by atoms with Gasteiger partial charge in [-0.15, -0.1) is 0 Å². The zero-order valence-corrected chi connectivity index (χ0v) is 11.5. The minimum atomic E-state index is 0. The van der Waals surface area contributed by atoms with Crippen LogP contribution in [0, 0.1) is 6.07 Å². The fourth-order valence-electron chi connectivity index (χ4n) is 1.68. The van der Waals surface area contributed by atoms with Gasteiger partial charge in [0, 0.05) is 38.1 Å². The molecule has 0 bridgehead atoms. The van der Waals surface area contributed by atoms with E-state index in [1.54, 1.807) is 0 Å². The summed E-state index contributed by atoms with van der Waals surface area (Å²) in [5.74, 6) is 0.908. The molecule has 3 rings (SSSR count). The second-order valence-electron chi connectivity index (χ2n) is 3.44. The molecule has 0 spiro atoms. The normalized spacial score (nSPS) is 10.0. The van der Waals surface area contributed by atoms with Crippen LogP contribution in [0.1, 0.15) is 0 Å². The minimum absolute atomic E-state index is 0. The molecule has 0 unspecified atom stereocenters. The van der Waals surface area contributed by atoms with Crippen molar-refractivity contribution in [2.45, 2.75) is 0 Å². The Bertz CT molecular complexity index is 551. The molecule has 0 N–H and O–H groups in total. The maximum Gasteiger partial charge on any atom is 0.134 e. The standard InChI is InChI=1S/C14H9O.Y/c1-2-6-11(7-3-1)14-10-12-8-4-5-9-13(12)15-14;/h2-10H;/q-1;. The van der Waals surface area contributed by atoms with Crippen LogP contribution in [0.3, 0.4) is 0 Å². The SMILES string of the molecule is [Y].[c-]1ccc(-c2cc3ccccc3o2)cc1. The van der Waals surface area contributed by atoms with Gasteiger partial charge in [0.2, 0.25) is 0 Å². The van der Waals surface area contributed by atoms with E-state index < -0.39 is 0 Å². The molecule has 3 aromatic rings. The summed E-state index contributed by atoms with van der Waals surface area (Å²) in [5, 5.41) is 1.14. The van der Waals surface area contributed by atoms with Gasteiger partial charge in [-0.2, -0.15) is 30.3 Å². The molecule has 0 fully saturated rings. The molecule has 0 aliphatic rings. The summed E-state index contributed by atoms with van der Waals surface area (Å²) in [6.45, 7) is 0. The van der Waals surface area contributed by atoms with Gasteiger partial charge in [0.25, 0.3) is 0 Å². The Hall–Kier alpha value is -0.916. The number of fused-ring (bicyclic) bond motifs is 1. The average Bonchev–Trinajstić information content (AvgIpc) is 2.74. The second-order valence-corrected chi connectivity index (χ2v) is 3.44. The van der Waals surface area contributed by atoms with Crippen LogP contribution < -0.4 is 0 Å². The average molecular weight is 282 g/mol. The fourth-order valence-corrected chi connectivity index (χ4v) is 1.68. The predicted octanol–water partition coefficient (Wildman–Crippen LogP) is 3.90. The number of rotatable bonds is 1. The molecule has 0 amide bonds. The molecule has 1 radical (unpaired) electrons. The molecule has 1 nitrogen and oxygen atoms in total. The Morgan fingerprint density at radius 2 is 1.69 bits per heavy atom. The summed E-state index contributed by atoms with van der Waals surface area (Å²) >= 11 is 0. The monoisotopic (exact) mass is 282 g/mol. The summed E-state index contributed by atoms with van der Waals surface area (Å²) in [7, 11) is 0. The third-order valence-corrected chi connectivity index (χ3v) is 2.43. The van der Waals surface area contributed by atoms with Crippen LogP contribution in [-0.2, 0) is 32.7 Å². The molecule has 2 aromatic carbocycles. The van der Waals surface area contributed by atoms with Gasteiger partial charge in [-0.25, -0.2) is 0 Å². The van der Waals surface area contributed by atoms with E-state index >= 15 is 0 Å². The van der Waals surface area contributed by atoms with Gasteiger partial charge in [0.05, 0.1) is 0 Å². The number of hydrogen-bond donors (Lipinski definition) is 0. The third kappa shape index (κ3) is 2.11. The van der Waals surface area contributed by atoms with Gasteiger partial charge >= 0.3 is 0 Å². The maximum atomic E-state index is 5.74. The molecule has 0 atom stereocenters. The first-order valence-corrected chi connectivity index (χ1v) is 4.88. The summed E-state index contributed by atoms with van der Waals surface area (Å²) in [5.41, 5.74) is 2.02. The van der Waals surface area contributed by atoms with Crippen LogP contribution in [0.2, 0.25) is 0 Å². The van der Waals surface area contributed by atoms with Crippen molar-refractivity contribution < 1.29 is 37.1 Å². The molecule has 1 aromatic heterocycles. The van der Waals surface area contributed by atoms with Crippen LogP contribution in [0.25, 0.3) is 22.3 Å². The molecular weight excluding hydrogens is 273 g/mol. The summed E-state index contributed by atoms with van der Waals surface area (Å²) in [6, 6.07) is 20.9. The predicted molar refractivity (Wildman–Crippen MR) is 60.5 cm³/mol.